The Morgan fingerprint density at radius 3 is 1.88 bits per heavy atom. The van der Waals surface area contributed by atoms with Crippen molar-refractivity contribution >= 4 is 61.3 Å². The first-order chi connectivity index (χ1) is 20.2. The van der Waals surface area contributed by atoms with E-state index >= 15 is 0 Å². The number of nitrogens with zero attached hydrogens (tertiary/aromatic N) is 1. The molecule has 0 saturated carbocycles. The van der Waals surface area contributed by atoms with Gasteiger partial charge in [-0.05, 0) is 67.3 Å². The van der Waals surface area contributed by atoms with E-state index < -0.39 is 0 Å². The topological polar surface area (TPSA) is 46.6 Å². The van der Waals surface area contributed by atoms with E-state index in [0.29, 0.717) is 17.3 Å². The van der Waals surface area contributed by atoms with Crippen molar-refractivity contribution in [1.29, 1.82) is 0 Å². The summed E-state index contributed by atoms with van der Waals surface area (Å²) < 4.78 is 6.42. The Morgan fingerprint density at radius 1 is 0.610 bits per heavy atom. The van der Waals surface area contributed by atoms with Gasteiger partial charge in [0.1, 0.15) is 12.4 Å². The highest BCUT2D eigenvalue weighted by molar-refractivity contribution is 8.18. The average molecular weight is 552 g/mol. The number of thioether (sulfide) groups is 1. The van der Waals surface area contributed by atoms with Crippen LogP contribution < -0.4 is 4.74 Å². The average Bonchev–Trinajstić information content (AvgIpc) is 3.28. The number of hydrogen-bond acceptors (Lipinski definition) is 4. The Kier molecular flexibility index (Phi) is 6.50. The Bertz CT molecular complexity index is 2000. The first kappa shape index (κ1) is 25.1. The van der Waals surface area contributed by atoms with Gasteiger partial charge in [0.2, 0.25) is 0 Å². The van der Waals surface area contributed by atoms with Crippen LogP contribution in [0.5, 0.6) is 5.75 Å². The molecule has 6 aromatic rings. The maximum Gasteiger partial charge on any atom is 0.293 e. The molecule has 0 radical (unpaired) electrons. The molecular weight excluding hydrogens is 526 g/mol. The van der Waals surface area contributed by atoms with Gasteiger partial charge in [0.15, 0.2) is 0 Å². The lowest BCUT2D eigenvalue weighted by Gasteiger charge is -2.15. The molecule has 198 valence electrons. The minimum Gasteiger partial charge on any atom is -0.488 e. The van der Waals surface area contributed by atoms with E-state index in [1.54, 1.807) is 0 Å². The summed E-state index contributed by atoms with van der Waals surface area (Å²) in [6.07, 6.45) is 1.81. The predicted octanol–water partition coefficient (Wildman–Crippen LogP) is 8.96. The zero-order valence-electron chi connectivity index (χ0n) is 22.1. The Hall–Kier alpha value is -4.87. The summed E-state index contributed by atoms with van der Waals surface area (Å²) in [5.74, 6) is 0.373. The molecule has 1 saturated heterocycles. The van der Waals surface area contributed by atoms with Crippen LogP contribution >= 0.6 is 11.8 Å². The van der Waals surface area contributed by atoms with Gasteiger partial charge in [-0.25, -0.2) is 0 Å². The van der Waals surface area contributed by atoms with E-state index in [1.165, 1.54) is 4.90 Å². The summed E-state index contributed by atoms with van der Waals surface area (Å²) in [5.41, 5.74) is 2.81. The van der Waals surface area contributed by atoms with Crippen molar-refractivity contribution in [2.24, 2.45) is 0 Å². The number of rotatable bonds is 6. The summed E-state index contributed by atoms with van der Waals surface area (Å²) in [4.78, 5) is 28.4. The Balaban J connectivity index is 1.23. The zero-order valence-corrected chi connectivity index (χ0v) is 22.9. The van der Waals surface area contributed by atoms with Crippen LogP contribution in [0.15, 0.2) is 126 Å². The van der Waals surface area contributed by atoms with Crippen molar-refractivity contribution in [1.82, 2.24) is 4.90 Å². The molecule has 2 amide bonds. The van der Waals surface area contributed by atoms with E-state index in [-0.39, 0.29) is 17.7 Å². The first-order valence-electron chi connectivity index (χ1n) is 13.5. The molecule has 1 aliphatic rings. The van der Waals surface area contributed by atoms with Gasteiger partial charge < -0.3 is 4.74 Å². The largest absolute Gasteiger partial charge is 0.488 e. The predicted molar refractivity (Wildman–Crippen MR) is 168 cm³/mol. The lowest BCUT2D eigenvalue weighted by molar-refractivity contribution is -0.123. The fraction of sp³-hybridized carbons (Fsp3) is 0.0556. The van der Waals surface area contributed by atoms with Crippen LogP contribution in [-0.4, -0.2) is 16.0 Å². The fourth-order valence-corrected chi connectivity index (χ4v) is 6.31. The van der Waals surface area contributed by atoms with Crippen LogP contribution in [0.2, 0.25) is 0 Å². The quantitative estimate of drug-likeness (QED) is 0.194. The monoisotopic (exact) mass is 551 g/mol. The molecule has 1 heterocycles. The van der Waals surface area contributed by atoms with Crippen LogP contribution in [0.25, 0.3) is 38.4 Å². The summed E-state index contributed by atoms with van der Waals surface area (Å²) in [5, 5.41) is 6.15. The van der Waals surface area contributed by atoms with Crippen LogP contribution in [0.1, 0.15) is 16.7 Å². The highest BCUT2D eigenvalue weighted by Gasteiger charge is 2.35. The van der Waals surface area contributed by atoms with E-state index in [0.717, 1.165) is 60.8 Å². The second-order valence-corrected chi connectivity index (χ2v) is 11.0. The van der Waals surface area contributed by atoms with E-state index in [9.17, 15) is 9.59 Å². The molecule has 0 unspecified atom stereocenters. The molecule has 0 aliphatic carbocycles. The van der Waals surface area contributed by atoms with E-state index in [2.05, 4.69) is 24.3 Å². The molecule has 0 bridgehead atoms. The first-order valence-corrected chi connectivity index (χ1v) is 14.3. The number of carbonyl (C=O) groups is 2. The third-order valence-electron chi connectivity index (χ3n) is 7.55. The maximum atomic E-state index is 13.6. The second kappa shape index (κ2) is 10.6. The molecule has 1 fully saturated rings. The number of hydrogen-bond donors (Lipinski definition) is 0. The molecular formula is C36H25NO3S. The van der Waals surface area contributed by atoms with Crippen LogP contribution in [0, 0.1) is 0 Å². The standard InChI is InChI=1S/C36H25NO3S/c38-35-34(41-36(39)37(35)22-27-14-7-12-24-9-1-4-16-29(24)27)21-32-31-18-6-3-11-26(31)19-20-33(32)40-23-28-15-8-13-25-10-2-5-17-30(25)28/h1-21H,22-23H2/b34-21-. The van der Waals surface area contributed by atoms with Gasteiger partial charge in [0.05, 0.1) is 11.4 Å². The van der Waals surface area contributed by atoms with Gasteiger partial charge in [0, 0.05) is 5.56 Å². The molecule has 7 rings (SSSR count). The molecule has 0 atom stereocenters. The van der Waals surface area contributed by atoms with Gasteiger partial charge in [-0.3, -0.25) is 14.5 Å². The molecule has 0 spiro atoms. The van der Waals surface area contributed by atoms with Crippen molar-refractivity contribution in [3.05, 3.63) is 143 Å². The zero-order chi connectivity index (χ0) is 27.8. The summed E-state index contributed by atoms with van der Waals surface area (Å²) in [6, 6.07) is 40.4. The number of carbonyl (C=O) groups excluding carboxylic acids is 2. The van der Waals surface area contributed by atoms with Crippen LogP contribution in [0.4, 0.5) is 4.79 Å². The normalized spacial score (nSPS) is 14.5. The highest BCUT2D eigenvalue weighted by atomic mass is 32.2. The molecule has 6 aromatic carbocycles. The van der Waals surface area contributed by atoms with Crippen LogP contribution in [0.3, 0.4) is 0 Å². The molecule has 41 heavy (non-hydrogen) atoms. The van der Waals surface area contributed by atoms with Crippen molar-refractivity contribution in [2.45, 2.75) is 13.2 Å². The second-order valence-electron chi connectivity index (χ2n) is 10.0. The summed E-state index contributed by atoms with van der Waals surface area (Å²) in [6.45, 7) is 0.604. The van der Waals surface area contributed by atoms with Crippen molar-refractivity contribution < 1.29 is 14.3 Å². The van der Waals surface area contributed by atoms with E-state index in [4.69, 9.17) is 4.74 Å². The number of benzene rings is 6. The van der Waals surface area contributed by atoms with Gasteiger partial charge in [-0.2, -0.15) is 0 Å². The molecule has 4 nitrogen and oxygen atoms in total. The summed E-state index contributed by atoms with van der Waals surface area (Å²) >= 11 is 0.978. The molecule has 5 heteroatoms. The smallest absolute Gasteiger partial charge is 0.293 e. The molecule has 1 aliphatic heterocycles. The number of imide groups is 1. The lowest BCUT2D eigenvalue weighted by Crippen LogP contribution is -2.27. The fourth-order valence-electron chi connectivity index (χ4n) is 5.49. The third kappa shape index (κ3) is 4.75. The van der Waals surface area contributed by atoms with Crippen molar-refractivity contribution in [2.75, 3.05) is 0 Å². The lowest BCUT2D eigenvalue weighted by atomic mass is 10.0. The van der Waals surface area contributed by atoms with Gasteiger partial charge in [-0.1, -0.05) is 115 Å². The third-order valence-corrected chi connectivity index (χ3v) is 8.46. The number of amides is 2. The SMILES string of the molecule is O=C1S/C(=C\c2c(OCc3cccc4ccccc34)ccc3ccccc23)C(=O)N1Cc1cccc2ccccc12. The van der Waals surface area contributed by atoms with Gasteiger partial charge in [0.25, 0.3) is 11.1 Å². The number of ether oxygens (including phenoxy) is 1. The minimum atomic E-state index is -0.291. The van der Waals surface area contributed by atoms with Gasteiger partial charge in [-0.15, -0.1) is 0 Å². The molecule has 0 N–H and O–H groups in total. The summed E-state index contributed by atoms with van der Waals surface area (Å²) in [7, 11) is 0. The van der Waals surface area contributed by atoms with Crippen LogP contribution in [-0.2, 0) is 17.9 Å². The van der Waals surface area contributed by atoms with Gasteiger partial charge >= 0.3 is 0 Å². The van der Waals surface area contributed by atoms with E-state index in [1.807, 2.05) is 103 Å². The minimum absolute atomic E-state index is 0.226. The molecule has 0 aromatic heterocycles. The Morgan fingerprint density at radius 2 is 1.17 bits per heavy atom. The maximum absolute atomic E-state index is 13.6. The highest BCUT2D eigenvalue weighted by Crippen LogP contribution is 2.38. The van der Waals surface area contributed by atoms with Crippen molar-refractivity contribution in [3.8, 4) is 5.75 Å². The van der Waals surface area contributed by atoms with Crippen molar-refractivity contribution in [3.63, 3.8) is 0 Å². The number of fused-ring (bicyclic) bond motifs is 3. The Labute approximate surface area is 241 Å².